The Labute approximate surface area is 134 Å². The molecule has 7 atom stereocenters. The van der Waals surface area contributed by atoms with Gasteiger partial charge in [-0.05, 0) is 91.7 Å². The number of fused-ring (bicyclic) bond motifs is 5. The highest BCUT2D eigenvalue weighted by molar-refractivity contribution is 7.80. The largest absolute Gasteiger partial charge is 0.393 e. The van der Waals surface area contributed by atoms with Crippen molar-refractivity contribution < 1.29 is 5.11 Å². The minimum absolute atomic E-state index is 0.0208. The van der Waals surface area contributed by atoms with Gasteiger partial charge >= 0.3 is 0 Å². The maximum absolute atomic E-state index is 10.1. The van der Waals surface area contributed by atoms with E-state index in [4.69, 9.17) is 12.2 Å². The summed E-state index contributed by atoms with van der Waals surface area (Å²) in [6.45, 7) is 5.04. The van der Waals surface area contributed by atoms with Crippen LogP contribution in [0.15, 0.2) is 0 Å². The van der Waals surface area contributed by atoms with E-state index >= 15 is 0 Å². The third-order valence-electron chi connectivity index (χ3n) is 8.35. The summed E-state index contributed by atoms with van der Waals surface area (Å²) in [5, 5.41) is 10.1. The van der Waals surface area contributed by atoms with Crippen LogP contribution in [-0.2, 0) is 0 Å². The van der Waals surface area contributed by atoms with Gasteiger partial charge in [0.1, 0.15) is 0 Å². The summed E-state index contributed by atoms with van der Waals surface area (Å²) < 4.78 is 0. The zero-order valence-electron chi connectivity index (χ0n) is 13.6. The van der Waals surface area contributed by atoms with E-state index < -0.39 is 0 Å². The molecule has 0 aromatic rings. The van der Waals surface area contributed by atoms with E-state index in [9.17, 15) is 5.11 Å². The lowest BCUT2D eigenvalue weighted by atomic mass is 9.45. The molecule has 4 rings (SSSR count). The quantitative estimate of drug-likeness (QED) is 0.651. The standard InChI is InChI=1S/C19H30OS/c1-18-9-7-13(20)11-12(18)3-4-14-15-5-6-17(21)19(15,2)10-8-16(14)18/h12-16,20H,3-11H2,1-2H3/t12?,13?,14-,15-,16+,18-,19-/m0/s1. The van der Waals surface area contributed by atoms with E-state index in [0.717, 1.165) is 36.5 Å². The Morgan fingerprint density at radius 3 is 2.62 bits per heavy atom. The number of aliphatic hydroxyl groups is 1. The third kappa shape index (κ3) is 1.94. The number of hydrogen-bond acceptors (Lipinski definition) is 2. The first-order valence-electron chi connectivity index (χ1n) is 9.16. The maximum Gasteiger partial charge on any atom is 0.0543 e. The van der Waals surface area contributed by atoms with Crippen LogP contribution in [0, 0.1) is 34.5 Å². The van der Waals surface area contributed by atoms with Gasteiger partial charge in [0.05, 0.1) is 6.10 Å². The molecule has 4 saturated carbocycles. The number of hydrogen-bond donors (Lipinski definition) is 1. The van der Waals surface area contributed by atoms with E-state index in [2.05, 4.69) is 13.8 Å². The average Bonchev–Trinajstić information content (AvgIpc) is 2.76. The van der Waals surface area contributed by atoms with Crippen molar-refractivity contribution in [3.8, 4) is 0 Å². The second-order valence-electron chi connectivity index (χ2n) is 9.00. The molecule has 0 aromatic carbocycles. The molecule has 0 radical (unpaired) electrons. The Morgan fingerprint density at radius 1 is 1.00 bits per heavy atom. The highest BCUT2D eigenvalue weighted by Gasteiger charge is 2.58. The van der Waals surface area contributed by atoms with E-state index in [1.165, 1.54) is 49.8 Å². The van der Waals surface area contributed by atoms with Crippen LogP contribution in [0.1, 0.15) is 71.6 Å². The first kappa shape index (κ1) is 14.6. The predicted octanol–water partition coefficient (Wildman–Crippen LogP) is 4.76. The summed E-state index contributed by atoms with van der Waals surface area (Å²) in [4.78, 5) is 1.39. The van der Waals surface area contributed by atoms with Crippen molar-refractivity contribution in [1.82, 2.24) is 0 Å². The van der Waals surface area contributed by atoms with Gasteiger partial charge in [-0.1, -0.05) is 26.1 Å². The van der Waals surface area contributed by atoms with Crippen LogP contribution in [0.25, 0.3) is 0 Å². The van der Waals surface area contributed by atoms with Crippen LogP contribution < -0.4 is 0 Å². The molecule has 21 heavy (non-hydrogen) atoms. The van der Waals surface area contributed by atoms with Crippen molar-refractivity contribution in [3.63, 3.8) is 0 Å². The molecule has 0 heterocycles. The van der Waals surface area contributed by atoms with Crippen molar-refractivity contribution in [1.29, 1.82) is 0 Å². The molecule has 1 N–H and O–H groups in total. The number of thiocarbonyl (C=S) groups is 1. The van der Waals surface area contributed by atoms with E-state index in [0.29, 0.717) is 10.8 Å². The minimum Gasteiger partial charge on any atom is -0.393 e. The molecular formula is C19H30OS. The molecular weight excluding hydrogens is 276 g/mol. The fraction of sp³-hybridized carbons (Fsp3) is 0.947. The topological polar surface area (TPSA) is 20.2 Å². The summed E-state index contributed by atoms with van der Waals surface area (Å²) in [5.41, 5.74) is 0.890. The summed E-state index contributed by atoms with van der Waals surface area (Å²) in [6, 6.07) is 0. The molecule has 1 nitrogen and oxygen atoms in total. The molecule has 0 saturated heterocycles. The summed E-state index contributed by atoms with van der Waals surface area (Å²) in [5.74, 6) is 3.47. The molecule has 0 spiro atoms. The van der Waals surface area contributed by atoms with Gasteiger partial charge in [-0.3, -0.25) is 0 Å². The lowest BCUT2D eigenvalue weighted by Crippen LogP contribution is -2.53. The van der Waals surface area contributed by atoms with Gasteiger partial charge in [0.25, 0.3) is 0 Å². The molecule has 2 unspecified atom stereocenters. The Kier molecular flexibility index (Phi) is 3.32. The number of rotatable bonds is 0. The fourth-order valence-corrected chi connectivity index (χ4v) is 7.38. The summed E-state index contributed by atoms with van der Waals surface area (Å²) >= 11 is 5.75. The van der Waals surface area contributed by atoms with Crippen molar-refractivity contribution >= 4 is 17.1 Å². The van der Waals surface area contributed by atoms with Crippen LogP contribution in [0.3, 0.4) is 0 Å². The first-order valence-corrected chi connectivity index (χ1v) is 9.57. The van der Waals surface area contributed by atoms with Crippen LogP contribution in [-0.4, -0.2) is 16.1 Å². The second kappa shape index (κ2) is 4.77. The van der Waals surface area contributed by atoms with Crippen LogP contribution in [0.2, 0.25) is 0 Å². The Bertz CT molecular complexity index is 460. The van der Waals surface area contributed by atoms with E-state index in [1.54, 1.807) is 0 Å². The zero-order valence-corrected chi connectivity index (χ0v) is 14.4. The molecule has 118 valence electrons. The Morgan fingerprint density at radius 2 is 1.81 bits per heavy atom. The first-order chi connectivity index (χ1) is 9.95. The van der Waals surface area contributed by atoms with Crippen LogP contribution in [0.5, 0.6) is 0 Å². The molecule has 0 amide bonds. The van der Waals surface area contributed by atoms with Crippen molar-refractivity contribution in [2.75, 3.05) is 0 Å². The van der Waals surface area contributed by atoms with Gasteiger partial charge in [-0.15, -0.1) is 0 Å². The zero-order chi connectivity index (χ0) is 14.8. The minimum atomic E-state index is -0.0208. The van der Waals surface area contributed by atoms with E-state index in [-0.39, 0.29) is 6.10 Å². The Hall–Kier alpha value is 0.0500. The maximum atomic E-state index is 10.1. The van der Waals surface area contributed by atoms with Gasteiger partial charge < -0.3 is 5.11 Å². The van der Waals surface area contributed by atoms with Crippen molar-refractivity contribution in [2.24, 2.45) is 34.5 Å². The van der Waals surface area contributed by atoms with E-state index in [1.807, 2.05) is 0 Å². The molecule has 2 heteroatoms. The van der Waals surface area contributed by atoms with Gasteiger partial charge in [-0.2, -0.15) is 0 Å². The summed E-state index contributed by atoms with van der Waals surface area (Å²) in [7, 11) is 0. The molecule has 0 aliphatic heterocycles. The van der Waals surface area contributed by atoms with Crippen LogP contribution >= 0.6 is 12.2 Å². The van der Waals surface area contributed by atoms with Gasteiger partial charge in [0.15, 0.2) is 0 Å². The third-order valence-corrected chi connectivity index (χ3v) is 9.02. The van der Waals surface area contributed by atoms with Crippen molar-refractivity contribution in [2.45, 2.75) is 77.7 Å². The van der Waals surface area contributed by atoms with Gasteiger partial charge in [0, 0.05) is 5.41 Å². The highest BCUT2D eigenvalue weighted by atomic mass is 32.1. The van der Waals surface area contributed by atoms with Gasteiger partial charge in [0.2, 0.25) is 0 Å². The molecule has 4 fully saturated rings. The summed E-state index contributed by atoms with van der Waals surface area (Å²) in [6.07, 6.45) is 11.4. The SMILES string of the molecule is C[C@]12CCC(O)CC1CC[C@@H]1[C@H]2CC[C@]2(C)C(=S)CC[C@@H]12. The fourth-order valence-electron chi connectivity index (χ4n) is 7.01. The lowest BCUT2D eigenvalue weighted by Gasteiger charge is -2.60. The smallest absolute Gasteiger partial charge is 0.0543 e. The Balaban J connectivity index is 1.64. The predicted molar refractivity (Wildman–Crippen MR) is 90.3 cm³/mol. The van der Waals surface area contributed by atoms with Crippen LogP contribution in [0.4, 0.5) is 0 Å². The van der Waals surface area contributed by atoms with Gasteiger partial charge in [-0.25, -0.2) is 0 Å². The normalized spacial score (nSPS) is 56.5. The molecule has 0 bridgehead atoms. The lowest BCUT2D eigenvalue weighted by molar-refractivity contribution is -0.113. The molecule has 4 aliphatic rings. The average molecular weight is 307 g/mol. The second-order valence-corrected chi connectivity index (χ2v) is 9.50. The molecule has 0 aromatic heterocycles. The molecule has 4 aliphatic carbocycles. The monoisotopic (exact) mass is 306 g/mol. The highest BCUT2D eigenvalue weighted by Crippen LogP contribution is 2.65. The van der Waals surface area contributed by atoms with Crippen molar-refractivity contribution in [3.05, 3.63) is 0 Å². The number of aliphatic hydroxyl groups excluding tert-OH is 1.